The molecule has 2 aromatic rings. The quantitative estimate of drug-likeness (QED) is 0.755. The molecule has 0 radical (unpaired) electrons. The van der Waals surface area contributed by atoms with Gasteiger partial charge in [-0.15, -0.1) is 0 Å². The maximum atomic E-state index is 8.82. The highest BCUT2D eigenvalue weighted by molar-refractivity contribution is 5.15. The van der Waals surface area contributed by atoms with Gasteiger partial charge in [0.25, 0.3) is 0 Å². The van der Waals surface area contributed by atoms with Crippen LogP contribution in [0, 0.1) is 0 Å². The zero-order valence-electron chi connectivity index (χ0n) is 14.2. The molecule has 0 saturated carbocycles. The molecule has 24 heavy (non-hydrogen) atoms. The van der Waals surface area contributed by atoms with Gasteiger partial charge in [0.1, 0.15) is 5.82 Å². The van der Waals surface area contributed by atoms with Crippen molar-refractivity contribution >= 4 is 0 Å². The third-order valence-electron chi connectivity index (χ3n) is 4.55. The Hall–Kier alpha value is -1.69. The predicted octanol–water partition coefficient (Wildman–Crippen LogP) is 2.29. The smallest absolute Gasteiger partial charge is 0.123 e. The zero-order chi connectivity index (χ0) is 16.6. The molecule has 130 valence electrons. The summed E-state index contributed by atoms with van der Waals surface area (Å²) in [7, 11) is 0. The molecule has 0 bridgehead atoms. The largest absolute Gasteiger partial charge is 0.396 e. The number of hydrogen-bond acceptors (Lipinski definition) is 4. The molecule has 0 amide bonds. The van der Waals surface area contributed by atoms with Crippen molar-refractivity contribution in [1.82, 2.24) is 14.5 Å². The lowest BCUT2D eigenvalue weighted by molar-refractivity contribution is 0.000198. The Labute approximate surface area is 143 Å². The maximum absolute atomic E-state index is 8.82. The summed E-state index contributed by atoms with van der Waals surface area (Å²) < 4.78 is 8.04. The van der Waals surface area contributed by atoms with Crippen molar-refractivity contribution in [3.63, 3.8) is 0 Å². The van der Waals surface area contributed by atoms with E-state index in [4.69, 9.17) is 9.84 Å². The van der Waals surface area contributed by atoms with Gasteiger partial charge in [0.15, 0.2) is 0 Å². The van der Waals surface area contributed by atoms with E-state index in [0.717, 1.165) is 51.3 Å². The van der Waals surface area contributed by atoms with Gasteiger partial charge in [-0.2, -0.15) is 0 Å². The fraction of sp³-hybridized carbons (Fsp3) is 0.526. The first-order valence-electron chi connectivity index (χ1n) is 8.84. The van der Waals surface area contributed by atoms with E-state index in [9.17, 15) is 0 Å². The van der Waals surface area contributed by atoms with Gasteiger partial charge in [0.05, 0.1) is 12.6 Å². The predicted molar refractivity (Wildman–Crippen MR) is 93.7 cm³/mol. The van der Waals surface area contributed by atoms with Crippen molar-refractivity contribution in [3.05, 3.63) is 54.1 Å². The van der Waals surface area contributed by atoms with E-state index in [2.05, 4.69) is 44.9 Å². The summed E-state index contributed by atoms with van der Waals surface area (Å²) in [6.07, 6.45) is 7.15. The molecule has 1 saturated heterocycles. The van der Waals surface area contributed by atoms with Crippen LogP contribution in [0.25, 0.3) is 0 Å². The van der Waals surface area contributed by atoms with Gasteiger partial charge in [0.2, 0.25) is 0 Å². The molecule has 3 rings (SSSR count). The number of imidazole rings is 1. The minimum atomic E-state index is 0.211. The lowest BCUT2D eigenvalue weighted by Crippen LogP contribution is -2.37. The van der Waals surface area contributed by atoms with E-state index in [1.807, 2.05) is 12.3 Å². The van der Waals surface area contributed by atoms with Gasteiger partial charge in [-0.05, 0) is 24.8 Å². The second-order valence-corrected chi connectivity index (χ2v) is 6.38. The van der Waals surface area contributed by atoms with Crippen molar-refractivity contribution in [2.45, 2.75) is 38.5 Å². The number of rotatable bonds is 8. The summed E-state index contributed by atoms with van der Waals surface area (Å²) in [5, 5.41) is 8.82. The zero-order valence-corrected chi connectivity index (χ0v) is 14.2. The van der Waals surface area contributed by atoms with Crippen molar-refractivity contribution in [2.75, 3.05) is 26.3 Å². The lowest BCUT2D eigenvalue weighted by atomic mass is 10.1. The average Bonchev–Trinajstić information content (AvgIpc) is 3.04. The first-order chi connectivity index (χ1) is 11.8. The van der Waals surface area contributed by atoms with E-state index in [0.29, 0.717) is 12.7 Å². The summed E-state index contributed by atoms with van der Waals surface area (Å²) in [5.41, 5.74) is 1.30. The van der Waals surface area contributed by atoms with Gasteiger partial charge >= 0.3 is 0 Å². The van der Waals surface area contributed by atoms with E-state index in [-0.39, 0.29) is 6.61 Å². The van der Waals surface area contributed by atoms with Crippen LogP contribution in [0.15, 0.2) is 42.7 Å². The number of hydrogen-bond donors (Lipinski definition) is 1. The number of nitrogens with zero attached hydrogens (tertiary/aromatic N) is 3. The summed E-state index contributed by atoms with van der Waals surface area (Å²) in [5.74, 6) is 1.12. The molecule has 1 fully saturated rings. The van der Waals surface area contributed by atoms with Gasteiger partial charge < -0.3 is 14.4 Å². The Bertz CT molecular complexity index is 592. The minimum Gasteiger partial charge on any atom is -0.396 e. The van der Waals surface area contributed by atoms with Gasteiger partial charge in [-0.1, -0.05) is 30.3 Å². The molecule has 1 aromatic heterocycles. The number of aliphatic hydroxyl groups excluding tert-OH is 1. The average molecular weight is 329 g/mol. The van der Waals surface area contributed by atoms with Crippen LogP contribution in [0.3, 0.4) is 0 Å². The minimum absolute atomic E-state index is 0.211. The molecule has 1 aliphatic heterocycles. The van der Waals surface area contributed by atoms with Crippen LogP contribution in [0.2, 0.25) is 0 Å². The molecule has 0 atom stereocenters. The van der Waals surface area contributed by atoms with Gasteiger partial charge in [-0.25, -0.2) is 4.98 Å². The lowest BCUT2D eigenvalue weighted by Gasteiger charge is -2.31. The number of piperidine rings is 1. The molecule has 1 aliphatic rings. The monoisotopic (exact) mass is 329 g/mol. The number of likely N-dealkylation sites (tertiary alicyclic amines) is 1. The van der Waals surface area contributed by atoms with E-state index in [1.165, 1.54) is 5.56 Å². The summed E-state index contributed by atoms with van der Waals surface area (Å²) in [4.78, 5) is 7.00. The van der Waals surface area contributed by atoms with E-state index in [1.54, 1.807) is 0 Å². The van der Waals surface area contributed by atoms with Crippen molar-refractivity contribution in [2.24, 2.45) is 0 Å². The first-order valence-corrected chi connectivity index (χ1v) is 8.84. The molecule has 1 aromatic carbocycles. The molecule has 2 heterocycles. The van der Waals surface area contributed by atoms with E-state index >= 15 is 0 Å². The van der Waals surface area contributed by atoms with Crippen LogP contribution in [0.1, 0.15) is 30.7 Å². The van der Waals surface area contributed by atoms with Crippen molar-refractivity contribution in [1.29, 1.82) is 0 Å². The third kappa shape index (κ3) is 4.90. The summed E-state index contributed by atoms with van der Waals surface area (Å²) >= 11 is 0. The standard InChI is InChI=1S/C19H27N3O2/c23-13-4-14-24-18-7-10-21(11-8-18)16-19-20-9-12-22(19)15-17-5-2-1-3-6-17/h1-3,5-6,9,12,18,23H,4,7-8,10-11,13-16H2. The Morgan fingerprint density at radius 3 is 2.67 bits per heavy atom. The van der Waals surface area contributed by atoms with Gasteiger partial charge in [0, 0.05) is 45.2 Å². The van der Waals surface area contributed by atoms with Crippen LogP contribution in [0.4, 0.5) is 0 Å². The highest BCUT2D eigenvalue weighted by Crippen LogP contribution is 2.16. The summed E-state index contributed by atoms with van der Waals surface area (Å²) in [6, 6.07) is 10.5. The molecular formula is C19H27N3O2. The van der Waals surface area contributed by atoms with Gasteiger partial charge in [-0.3, -0.25) is 4.90 Å². The molecule has 1 N–H and O–H groups in total. The van der Waals surface area contributed by atoms with Crippen LogP contribution >= 0.6 is 0 Å². The Kier molecular flexibility index (Phi) is 6.41. The molecular weight excluding hydrogens is 302 g/mol. The van der Waals surface area contributed by atoms with Crippen molar-refractivity contribution < 1.29 is 9.84 Å². The third-order valence-corrected chi connectivity index (χ3v) is 4.55. The molecule has 0 unspecified atom stereocenters. The van der Waals surface area contributed by atoms with E-state index < -0.39 is 0 Å². The highest BCUT2D eigenvalue weighted by atomic mass is 16.5. The van der Waals surface area contributed by atoms with Crippen LogP contribution < -0.4 is 0 Å². The number of benzene rings is 1. The van der Waals surface area contributed by atoms with Crippen LogP contribution in [-0.2, 0) is 17.8 Å². The highest BCUT2D eigenvalue weighted by Gasteiger charge is 2.20. The van der Waals surface area contributed by atoms with Crippen LogP contribution in [0.5, 0.6) is 0 Å². The Morgan fingerprint density at radius 1 is 1.12 bits per heavy atom. The number of aromatic nitrogens is 2. The first kappa shape index (κ1) is 17.1. The van der Waals surface area contributed by atoms with Crippen LogP contribution in [-0.4, -0.2) is 52.0 Å². The SMILES string of the molecule is OCCCOC1CCN(Cc2nccn2Cc2ccccc2)CC1. The molecule has 5 nitrogen and oxygen atoms in total. The Balaban J connectivity index is 1.48. The summed E-state index contributed by atoms with van der Waals surface area (Å²) in [6.45, 7) is 4.73. The van der Waals surface area contributed by atoms with Crippen molar-refractivity contribution in [3.8, 4) is 0 Å². The second kappa shape index (κ2) is 8.97. The normalized spacial score (nSPS) is 16.5. The Morgan fingerprint density at radius 2 is 1.92 bits per heavy atom. The molecule has 5 heteroatoms. The molecule has 0 spiro atoms. The topological polar surface area (TPSA) is 50.5 Å². The number of ether oxygens (including phenoxy) is 1. The molecule has 0 aliphatic carbocycles. The fourth-order valence-electron chi connectivity index (χ4n) is 3.16. The second-order valence-electron chi connectivity index (χ2n) is 6.38. The number of aliphatic hydroxyl groups is 1. The fourth-order valence-corrected chi connectivity index (χ4v) is 3.16. The maximum Gasteiger partial charge on any atom is 0.123 e.